The van der Waals surface area contributed by atoms with Gasteiger partial charge >= 0.3 is 0 Å². The number of nitrogens with zero attached hydrogens (tertiary/aromatic N) is 1. The van der Waals surface area contributed by atoms with E-state index in [-0.39, 0.29) is 11.5 Å². The Hall–Kier alpha value is -0.0900. The largest absolute Gasteiger partial charge is 0.329 e. The van der Waals surface area contributed by atoms with Gasteiger partial charge in [-0.3, -0.25) is 4.90 Å². The molecule has 1 heterocycles. The molecule has 0 aliphatic rings. The third-order valence-corrected chi connectivity index (χ3v) is 3.73. The molecule has 0 bridgehead atoms. The van der Waals surface area contributed by atoms with Gasteiger partial charge in [0.25, 0.3) is 0 Å². The van der Waals surface area contributed by atoms with Crippen LogP contribution < -0.4 is 5.73 Å². The van der Waals surface area contributed by atoms with Gasteiger partial charge in [-0.1, -0.05) is 32.4 Å². The van der Waals surface area contributed by atoms with Gasteiger partial charge < -0.3 is 5.73 Å². The lowest BCUT2D eigenvalue weighted by molar-refractivity contribution is 0.178. The number of hydrogen-bond donors (Lipinski definition) is 1. The van der Waals surface area contributed by atoms with E-state index in [4.69, 9.17) is 17.3 Å². The summed E-state index contributed by atoms with van der Waals surface area (Å²) in [6.45, 7) is 8.35. The molecule has 92 valence electrons. The summed E-state index contributed by atoms with van der Waals surface area (Å²) in [6, 6.07) is 4.29. The van der Waals surface area contributed by atoms with Crippen molar-refractivity contribution in [2.24, 2.45) is 11.1 Å². The summed E-state index contributed by atoms with van der Waals surface area (Å²) in [7, 11) is 2.12. The predicted molar refractivity (Wildman–Crippen MR) is 73.2 cm³/mol. The van der Waals surface area contributed by atoms with Gasteiger partial charge in [-0.15, -0.1) is 11.3 Å². The number of hydrogen-bond acceptors (Lipinski definition) is 3. The summed E-state index contributed by atoms with van der Waals surface area (Å²) in [5.41, 5.74) is 6.14. The highest BCUT2D eigenvalue weighted by Crippen LogP contribution is 2.30. The van der Waals surface area contributed by atoms with Crippen molar-refractivity contribution in [2.75, 3.05) is 20.1 Å². The highest BCUT2D eigenvalue weighted by Gasteiger charge is 2.21. The molecule has 0 aliphatic heterocycles. The van der Waals surface area contributed by atoms with Gasteiger partial charge in [0.2, 0.25) is 0 Å². The van der Waals surface area contributed by atoms with E-state index in [2.05, 4.69) is 38.8 Å². The lowest BCUT2D eigenvalue weighted by Crippen LogP contribution is -2.36. The molecular weight excluding hydrogens is 240 g/mol. The van der Waals surface area contributed by atoms with Gasteiger partial charge in [0, 0.05) is 18.0 Å². The van der Waals surface area contributed by atoms with E-state index in [9.17, 15) is 0 Å². The zero-order chi connectivity index (χ0) is 12.3. The summed E-state index contributed by atoms with van der Waals surface area (Å²) >= 11 is 7.58. The van der Waals surface area contributed by atoms with Crippen molar-refractivity contribution in [1.82, 2.24) is 4.90 Å². The molecule has 0 spiro atoms. The van der Waals surface area contributed by atoms with Crippen molar-refractivity contribution in [3.63, 3.8) is 0 Å². The van der Waals surface area contributed by atoms with Crippen molar-refractivity contribution in [1.29, 1.82) is 0 Å². The summed E-state index contributed by atoms with van der Waals surface area (Å²) in [5, 5.41) is 0. The molecule has 1 atom stereocenters. The van der Waals surface area contributed by atoms with Crippen molar-refractivity contribution in [3.05, 3.63) is 21.3 Å². The summed E-state index contributed by atoms with van der Waals surface area (Å²) in [4.78, 5) is 3.56. The Bertz CT molecular complexity index is 330. The molecule has 0 saturated heterocycles. The Balaban J connectivity index is 2.74. The van der Waals surface area contributed by atoms with Gasteiger partial charge in [0.15, 0.2) is 0 Å². The first-order valence-corrected chi connectivity index (χ1v) is 6.68. The van der Waals surface area contributed by atoms with Crippen molar-refractivity contribution in [3.8, 4) is 0 Å². The van der Waals surface area contributed by atoms with Crippen LogP contribution in [0.5, 0.6) is 0 Å². The lowest BCUT2D eigenvalue weighted by atomic mass is 9.95. The molecule has 16 heavy (non-hydrogen) atoms. The third-order valence-electron chi connectivity index (χ3n) is 2.40. The van der Waals surface area contributed by atoms with Crippen LogP contribution in [0.1, 0.15) is 31.7 Å². The second-order valence-corrected chi connectivity index (χ2v) is 7.12. The lowest BCUT2D eigenvalue weighted by Gasteiger charge is -2.32. The SMILES string of the molecule is CN(CC(C)(C)C)C(CN)c1ccc(Cl)s1. The van der Waals surface area contributed by atoms with E-state index in [0.717, 1.165) is 10.9 Å². The Morgan fingerprint density at radius 2 is 2.06 bits per heavy atom. The maximum atomic E-state index is 5.96. The summed E-state index contributed by atoms with van der Waals surface area (Å²) in [5.74, 6) is 0. The van der Waals surface area contributed by atoms with Crippen LogP contribution in [0.4, 0.5) is 0 Å². The normalized spacial score (nSPS) is 14.4. The first-order chi connectivity index (χ1) is 7.33. The van der Waals surface area contributed by atoms with Gasteiger partial charge in [-0.05, 0) is 24.6 Å². The number of likely N-dealkylation sites (N-methyl/N-ethyl adjacent to an activating group) is 1. The Morgan fingerprint density at radius 3 is 2.44 bits per heavy atom. The molecule has 0 radical (unpaired) electrons. The smallest absolute Gasteiger partial charge is 0.0931 e. The van der Waals surface area contributed by atoms with E-state index in [1.54, 1.807) is 11.3 Å². The molecule has 0 fully saturated rings. The second kappa shape index (κ2) is 5.50. The Morgan fingerprint density at radius 1 is 1.44 bits per heavy atom. The van der Waals surface area contributed by atoms with Crippen LogP contribution in [-0.4, -0.2) is 25.0 Å². The maximum Gasteiger partial charge on any atom is 0.0931 e. The molecule has 0 aliphatic carbocycles. The van der Waals surface area contributed by atoms with E-state index in [1.165, 1.54) is 4.88 Å². The molecule has 1 rings (SSSR count). The summed E-state index contributed by atoms with van der Waals surface area (Å²) < 4.78 is 0.831. The Labute approximate surface area is 107 Å². The van der Waals surface area contributed by atoms with E-state index in [0.29, 0.717) is 6.54 Å². The average Bonchev–Trinajstić information content (AvgIpc) is 2.49. The standard InChI is InChI=1S/C12H21ClN2S/c1-12(2,3)8-15(4)9(7-14)10-5-6-11(13)16-10/h5-6,9H,7-8,14H2,1-4H3. The first kappa shape index (κ1) is 14.0. The monoisotopic (exact) mass is 260 g/mol. The molecule has 0 saturated carbocycles. The minimum atomic E-state index is 0.275. The molecule has 1 unspecified atom stereocenters. The van der Waals surface area contributed by atoms with Crippen molar-refractivity contribution >= 4 is 22.9 Å². The highest BCUT2D eigenvalue weighted by atomic mass is 35.5. The van der Waals surface area contributed by atoms with Crippen LogP contribution in [0, 0.1) is 5.41 Å². The van der Waals surface area contributed by atoms with Crippen LogP contribution >= 0.6 is 22.9 Å². The first-order valence-electron chi connectivity index (χ1n) is 5.49. The molecule has 1 aromatic rings. The third kappa shape index (κ3) is 4.06. The Kier molecular flexibility index (Phi) is 4.80. The number of nitrogens with two attached hydrogens (primary N) is 1. The summed E-state index contributed by atoms with van der Waals surface area (Å²) in [6.07, 6.45) is 0. The molecular formula is C12H21ClN2S. The van der Waals surface area contributed by atoms with Gasteiger partial charge in [-0.2, -0.15) is 0 Å². The number of thiophene rings is 1. The van der Waals surface area contributed by atoms with E-state index in [1.807, 2.05) is 6.07 Å². The van der Waals surface area contributed by atoms with E-state index < -0.39 is 0 Å². The van der Waals surface area contributed by atoms with Crippen LogP contribution in [-0.2, 0) is 0 Å². The average molecular weight is 261 g/mol. The fourth-order valence-corrected chi connectivity index (χ4v) is 3.12. The minimum absolute atomic E-state index is 0.275. The highest BCUT2D eigenvalue weighted by molar-refractivity contribution is 7.16. The number of rotatable bonds is 4. The van der Waals surface area contributed by atoms with Crippen molar-refractivity contribution < 1.29 is 0 Å². The molecule has 2 nitrogen and oxygen atoms in total. The maximum absolute atomic E-state index is 5.96. The number of halogens is 1. The second-order valence-electron chi connectivity index (χ2n) is 5.37. The molecule has 0 aromatic carbocycles. The topological polar surface area (TPSA) is 29.3 Å². The molecule has 2 N–H and O–H groups in total. The van der Waals surface area contributed by atoms with Crippen LogP contribution in [0.3, 0.4) is 0 Å². The molecule has 1 aromatic heterocycles. The van der Waals surface area contributed by atoms with Crippen LogP contribution in [0.25, 0.3) is 0 Å². The minimum Gasteiger partial charge on any atom is -0.329 e. The van der Waals surface area contributed by atoms with Gasteiger partial charge in [0.05, 0.1) is 10.4 Å². The molecule has 0 amide bonds. The van der Waals surface area contributed by atoms with Gasteiger partial charge in [0.1, 0.15) is 0 Å². The van der Waals surface area contributed by atoms with Crippen molar-refractivity contribution in [2.45, 2.75) is 26.8 Å². The van der Waals surface area contributed by atoms with Crippen LogP contribution in [0.15, 0.2) is 12.1 Å². The predicted octanol–water partition coefficient (Wildman–Crippen LogP) is 3.38. The van der Waals surface area contributed by atoms with Crippen LogP contribution in [0.2, 0.25) is 4.34 Å². The van der Waals surface area contributed by atoms with Gasteiger partial charge in [-0.25, -0.2) is 0 Å². The zero-order valence-corrected chi connectivity index (χ0v) is 12.0. The quantitative estimate of drug-likeness (QED) is 0.899. The fourth-order valence-electron chi connectivity index (χ4n) is 1.88. The zero-order valence-electron chi connectivity index (χ0n) is 10.5. The fraction of sp³-hybridized carbons (Fsp3) is 0.667. The van der Waals surface area contributed by atoms with E-state index >= 15 is 0 Å². The molecule has 4 heteroatoms.